The SMILES string of the molecule is COc1ccccc1NC(=O)c1ccc(NC(=O)CN2CCN(C/C=C/c3ccccc3)CC2)cc1. The molecule has 7 heteroatoms. The van der Waals surface area contributed by atoms with E-state index in [9.17, 15) is 9.59 Å². The lowest BCUT2D eigenvalue weighted by atomic mass is 10.2. The molecule has 2 amide bonds. The number of nitrogens with one attached hydrogen (secondary N) is 2. The lowest BCUT2D eigenvalue weighted by Crippen LogP contribution is -2.48. The minimum absolute atomic E-state index is 0.0568. The fourth-order valence-electron chi connectivity index (χ4n) is 4.08. The first-order valence-electron chi connectivity index (χ1n) is 12.1. The average Bonchev–Trinajstić information content (AvgIpc) is 2.91. The lowest BCUT2D eigenvalue weighted by Gasteiger charge is -2.33. The number of hydrogen-bond donors (Lipinski definition) is 2. The molecule has 4 rings (SSSR count). The topological polar surface area (TPSA) is 73.9 Å². The Kier molecular flexibility index (Phi) is 8.86. The number of benzene rings is 3. The number of carbonyl (C=O) groups excluding carboxylic acids is 2. The second-order valence-corrected chi connectivity index (χ2v) is 8.67. The Morgan fingerprint density at radius 1 is 0.833 bits per heavy atom. The molecule has 2 N–H and O–H groups in total. The summed E-state index contributed by atoms with van der Waals surface area (Å²) < 4.78 is 5.28. The summed E-state index contributed by atoms with van der Waals surface area (Å²) in [5.74, 6) is 0.298. The fourth-order valence-corrected chi connectivity index (χ4v) is 4.08. The van der Waals surface area contributed by atoms with Gasteiger partial charge in [-0.3, -0.25) is 19.4 Å². The molecule has 186 valence electrons. The van der Waals surface area contributed by atoms with Crippen molar-refractivity contribution in [2.75, 3.05) is 57.0 Å². The van der Waals surface area contributed by atoms with Gasteiger partial charge in [0.05, 0.1) is 19.3 Å². The quantitative estimate of drug-likeness (QED) is 0.476. The minimum Gasteiger partial charge on any atom is -0.495 e. The Morgan fingerprint density at radius 2 is 1.50 bits per heavy atom. The van der Waals surface area contributed by atoms with Crippen LogP contribution >= 0.6 is 0 Å². The van der Waals surface area contributed by atoms with Crippen LogP contribution in [0.4, 0.5) is 11.4 Å². The van der Waals surface area contributed by atoms with Crippen LogP contribution in [0.2, 0.25) is 0 Å². The summed E-state index contributed by atoms with van der Waals surface area (Å²) >= 11 is 0. The Morgan fingerprint density at radius 3 is 2.22 bits per heavy atom. The number of methoxy groups -OCH3 is 1. The van der Waals surface area contributed by atoms with Gasteiger partial charge in [-0.1, -0.05) is 54.6 Å². The van der Waals surface area contributed by atoms with E-state index in [0.717, 1.165) is 32.7 Å². The van der Waals surface area contributed by atoms with E-state index in [1.165, 1.54) is 5.56 Å². The van der Waals surface area contributed by atoms with Gasteiger partial charge >= 0.3 is 0 Å². The van der Waals surface area contributed by atoms with E-state index >= 15 is 0 Å². The van der Waals surface area contributed by atoms with E-state index in [0.29, 0.717) is 29.2 Å². The number of carbonyl (C=O) groups is 2. The molecule has 1 saturated heterocycles. The zero-order chi connectivity index (χ0) is 25.2. The van der Waals surface area contributed by atoms with E-state index in [2.05, 4.69) is 44.7 Å². The van der Waals surface area contributed by atoms with Crippen molar-refractivity contribution in [2.24, 2.45) is 0 Å². The molecule has 0 spiro atoms. The third-order valence-corrected chi connectivity index (χ3v) is 6.09. The normalized spacial score (nSPS) is 14.5. The molecular formula is C29H32N4O3. The van der Waals surface area contributed by atoms with Crippen LogP contribution in [0.5, 0.6) is 5.75 Å². The van der Waals surface area contributed by atoms with Crippen molar-refractivity contribution in [3.8, 4) is 5.75 Å². The number of anilines is 2. The van der Waals surface area contributed by atoms with Crippen molar-refractivity contribution in [2.45, 2.75) is 0 Å². The molecule has 3 aromatic carbocycles. The maximum absolute atomic E-state index is 12.6. The first-order chi connectivity index (χ1) is 17.6. The molecule has 1 heterocycles. The summed E-state index contributed by atoms with van der Waals surface area (Å²) in [7, 11) is 1.56. The predicted molar refractivity (Wildman–Crippen MR) is 144 cm³/mol. The third kappa shape index (κ3) is 7.28. The van der Waals surface area contributed by atoms with E-state index in [1.54, 1.807) is 43.5 Å². The molecular weight excluding hydrogens is 452 g/mol. The van der Waals surface area contributed by atoms with Crippen LogP contribution in [0.15, 0.2) is 84.9 Å². The van der Waals surface area contributed by atoms with E-state index < -0.39 is 0 Å². The fraction of sp³-hybridized carbons (Fsp3) is 0.241. The van der Waals surface area contributed by atoms with Crippen LogP contribution in [0, 0.1) is 0 Å². The highest BCUT2D eigenvalue weighted by molar-refractivity contribution is 6.05. The minimum atomic E-state index is -0.242. The summed E-state index contributed by atoms with van der Waals surface area (Å²) in [6, 6.07) is 24.4. The zero-order valence-electron chi connectivity index (χ0n) is 20.5. The first-order valence-corrected chi connectivity index (χ1v) is 12.1. The predicted octanol–water partition coefficient (Wildman–Crippen LogP) is 4.22. The van der Waals surface area contributed by atoms with Crippen molar-refractivity contribution >= 4 is 29.3 Å². The molecule has 0 radical (unpaired) electrons. The molecule has 0 unspecified atom stereocenters. The molecule has 0 aliphatic carbocycles. The van der Waals surface area contributed by atoms with Crippen molar-refractivity contribution in [1.29, 1.82) is 0 Å². The summed E-state index contributed by atoms with van der Waals surface area (Å²) in [6.45, 7) is 4.84. The standard InChI is InChI=1S/C29H32N4O3/c1-36-27-12-6-5-11-26(27)31-29(35)24-13-15-25(16-14-24)30-28(34)22-33-20-18-32(19-21-33)17-7-10-23-8-3-2-4-9-23/h2-16H,17-22H2,1H3,(H,30,34)(H,31,35)/b10-7+. The first kappa shape index (κ1) is 25.2. The second kappa shape index (κ2) is 12.7. The zero-order valence-corrected chi connectivity index (χ0v) is 20.5. The number of hydrogen-bond acceptors (Lipinski definition) is 5. The van der Waals surface area contributed by atoms with Gasteiger partial charge in [-0.2, -0.15) is 0 Å². The molecule has 3 aromatic rings. The smallest absolute Gasteiger partial charge is 0.255 e. The highest BCUT2D eigenvalue weighted by Crippen LogP contribution is 2.24. The Labute approximate surface area is 212 Å². The van der Waals surface area contributed by atoms with Gasteiger partial charge < -0.3 is 15.4 Å². The number of nitrogens with zero attached hydrogens (tertiary/aromatic N) is 2. The molecule has 0 aromatic heterocycles. The molecule has 7 nitrogen and oxygen atoms in total. The maximum Gasteiger partial charge on any atom is 0.255 e. The Bertz CT molecular complexity index is 1170. The number of amides is 2. The largest absolute Gasteiger partial charge is 0.495 e. The van der Waals surface area contributed by atoms with Crippen LogP contribution < -0.4 is 15.4 Å². The highest BCUT2D eigenvalue weighted by atomic mass is 16.5. The van der Waals surface area contributed by atoms with Crippen LogP contribution in [0.25, 0.3) is 6.08 Å². The molecule has 0 atom stereocenters. The molecule has 1 fully saturated rings. The van der Waals surface area contributed by atoms with Gasteiger partial charge in [0.1, 0.15) is 5.75 Å². The highest BCUT2D eigenvalue weighted by Gasteiger charge is 2.18. The third-order valence-electron chi connectivity index (χ3n) is 6.09. The van der Waals surface area contributed by atoms with Crippen LogP contribution in [-0.4, -0.2) is 68.0 Å². The van der Waals surface area contributed by atoms with Gasteiger partial charge in [0.25, 0.3) is 5.91 Å². The van der Waals surface area contributed by atoms with Crippen molar-refractivity contribution < 1.29 is 14.3 Å². The van der Waals surface area contributed by atoms with E-state index in [4.69, 9.17) is 4.74 Å². The molecule has 1 aliphatic heterocycles. The summed E-state index contributed by atoms with van der Waals surface area (Å²) in [5.41, 5.74) is 2.97. The van der Waals surface area contributed by atoms with Crippen LogP contribution in [-0.2, 0) is 4.79 Å². The van der Waals surface area contributed by atoms with Gasteiger partial charge in [0.2, 0.25) is 5.91 Å². The van der Waals surface area contributed by atoms with Gasteiger partial charge in [-0.05, 0) is 42.0 Å². The Hall–Kier alpha value is -3.94. The molecule has 0 saturated carbocycles. The molecule has 1 aliphatic rings. The van der Waals surface area contributed by atoms with Gasteiger partial charge in [0, 0.05) is 44.0 Å². The van der Waals surface area contributed by atoms with Gasteiger partial charge in [-0.25, -0.2) is 0 Å². The van der Waals surface area contributed by atoms with E-state index in [1.807, 2.05) is 30.3 Å². The average molecular weight is 485 g/mol. The Balaban J connectivity index is 1.19. The summed E-state index contributed by atoms with van der Waals surface area (Å²) in [6.07, 6.45) is 4.34. The molecule has 36 heavy (non-hydrogen) atoms. The van der Waals surface area contributed by atoms with Gasteiger partial charge in [-0.15, -0.1) is 0 Å². The van der Waals surface area contributed by atoms with Crippen LogP contribution in [0.3, 0.4) is 0 Å². The number of rotatable bonds is 9. The van der Waals surface area contributed by atoms with Crippen LogP contribution in [0.1, 0.15) is 15.9 Å². The second-order valence-electron chi connectivity index (χ2n) is 8.67. The number of ether oxygens (including phenoxy) is 1. The maximum atomic E-state index is 12.6. The summed E-state index contributed by atoms with van der Waals surface area (Å²) in [5, 5.41) is 5.78. The summed E-state index contributed by atoms with van der Waals surface area (Å²) in [4.78, 5) is 29.7. The molecule has 0 bridgehead atoms. The van der Waals surface area contributed by atoms with E-state index in [-0.39, 0.29) is 11.8 Å². The monoisotopic (exact) mass is 484 g/mol. The number of para-hydroxylation sites is 2. The van der Waals surface area contributed by atoms with Crippen molar-refractivity contribution in [3.63, 3.8) is 0 Å². The van der Waals surface area contributed by atoms with Crippen molar-refractivity contribution in [1.82, 2.24) is 9.80 Å². The lowest BCUT2D eigenvalue weighted by molar-refractivity contribution is -0.117. The van der Waals surface area contributed by atoms with Gasteiger partial charge in [0.15, 0.2) is 0 Å². The van der Waals surface area contributed by atoms with Crippen molar-refractivity contribution in [3.05, 3.63) is 96.1 Å². The number of piperazine rings is 1.